The summed E-state index contributed by atoms with van der Waals surface area (Å²) in [5.41, 5.74) is 0. The number of rotatable bonds is 4. The van der Waals surface area contributed by atoms with Gasteiger partial charge >= 0.3 is 6.03 Å². The van der Waals surface area contributed by atoms with Crippen LogP contribution in [-0.2, 0) is 0 Å². The molecule has 4 nitrogen and oxygen atoms in total. The molecule has 1 N–H and O–H groups in total. The fraction of sp³-hybridized carbons (Fsp3) is 0.929. The van der Waals surface area contributed by atoms with E-state index < -0.39 is 0 Å². The van der Waals surface area contributed by atoms with Gasteiger partial charge < -0.3 is 15.1 Å². The highest BCUT2D eigenvalue weighted by molar-refractivity contribution is 5.73. The number of piperidine rings is 1. The molecule has 0 radical (unpaired) electrons. The average molecular weight is 255 g/mol. The van der Waals surface area contributed by atoms with Gasteiger partial charge in [-0.3, -0.25) is 0 Å². The van der Waals surface area contributed by atoms with Crippen LogP contribution in [0.4, 0.5) is 4.79 Å². The van der Waals surface area contributed by atoms with Gasteiger partial charge in [-0.1, -0.05) is 20.8 Å². The standard InChI is InChI=1S/C14H29N3O/c1-6-13(11(2)3)15-12-7-9-17(10-8-12)14(18)16(4)5/h11-13,15H,6-10H2,1-5H3. The van der Waals surface area contributed by atoms with Crippen molar-refractivity contribution >= 4 is 6.03 Å². The van der Waals surface area contributed by atoms with Crippen molar-refractivity contribution in [3.63, 3.8) is 0 Å². The monoisotopic (exact) mass is 255 g/mol. The first-order valence-electron chi connectivity index (χ1n) is 7.18. The number of amides is 2. The van der Waals surface area contributed by atoms with Crippen LogP contribution in [0.5, 0.6) is 0 Å². The van der Waals surface area contributed by atoms with E-state index in [1.54, 1.807) is 4.90 Å². The van der Waals surface area contributed by atoms with Crippen LogP contribution in [0.25, 0.3) is 0 Å². The topological polar surface area (TPSA) is 35.6 Å². The highest BCUT2D eigenvalue weighted by atomic mass is 16.2. The van der Waals surface area contributed by atoms with Crippen LogP contribution in [0.2, 0.25) is 0 Å². The van der Waals surface area contributed by atoms with Crippen LogP contribution in [0, 0.1) is 5.92 Å². The average Bonchev–Trinajstić information content (AvgIpc) is 2.35. The molecule has 0 bridgehead atoms. The third-order valence-corrected chi connectivity index (χ3v) is 3.84. The number of nitrogens with zero attached hydrogens (tertiary/aromatic N) is 2. The van der Waals surface area contributed by atoms with Crippen molar-refractivity contribution in [1.29, 1.82) is 0 Å². The smallest absolute Gasteiger partial charge is 0.319 e. The van der Waals surface area contributed by atoms with Crippen LogP contribution in [0.3, 0.4) is 0 Å². The SMILES string of the molecule is CCC(NC1CCN(C(=O)N(C)C)CC1)C(C)C. The van der Waals surface area contributed by atoms with Gasteiger partial charge in [-0.2, -0.15) is 0 Å². The van der Waals surface area contributed by atoms with Gasteiger partial charge in [0, 0.05) is 39.3 Å². The zero-order valence-electron chi connectivity index (χ0n) is 12.6. The first-order chi connectivity index (χ1) is 8.45. The van der Waals surface area contributed by atoms with Gasteiger partial charge in [0.15, 0.2) is 0 Å². The Balaban J connectivity index is 2.37. The maximum atomic E-state index is 11.8. The molecule has 1 unspecified atom stereocenters. The minimum atomic E-state index is 0.143. The van der Waals surface area contributed by atoms with Gasteiger partial charge in [-0.25, -0.2) is 4.79 Å². The maximum absolute atomic E-state index is 11.8. The number of likely N-dealkylation sites (tertiary alicyclic amines) is 1. The molecule has 106 valence electrons. The summed E-state index contributed by atoms with van der Waals surface area (Å²) in [5, 5.41) is 3.74. The summed E-state index contributed by atoms with van der Waals surface area (Å²) in [6, 6.07) is 1.32. The van der Waals surface area contributed by atoms with E-state index in [0.717, 1.165) is 25.9 Å². The van der Waals surface area contributed by atoms with Crippen molar-refractivity contribution in [2.45, 2.75) is 52.1 Å². The third-order valence-electron chi connectivity index (χ3n) is 3.84. The van der Waals surface area contributed by atoms with Crippen LogP contribution < -0.4 is 5.32 Å². The largest absolute Gasteiger partial charge is 0.331 e. The number of nitrogens with one attached hydrogen (secondary N) is 1. The lowest BCUT2D eigenvalue weighted by atomic mass is 9.97. The molecule has 0 aromatic rings. The zero-order valence-corrected chi connectivity index (χ0v) is 12.6. The quantitative estimate of drug-likeness (QED) is 0.835. The molecule has 0 aromatic heterocycles. The van der Waals surface area contributed by atoms with Gasteiger partial charge in [0.05, 0.1) is 0 Å². The van der Waals surface area contributed by atoms with Crippen molar-refractivity contribution in [3.05, 3.63) is 0 Å². The molecule has 2 amide bonds. The second kappa shape index (κ2) is 6.98. The molecule has 1 rings (SSSR count). The Kier molecular flexibility index (Phi) is 5.93. The van der Waals surface area contributed by atoms with Gasteiger partial charge in [-0.15, -0.1) is 0 Å². The summed E-state index contributed by atoms with van der Waals surface area (Å²) in [6.07, 6.45) is 3.32. The van der Waals surface area contributed by atoms with Gasteiger partial charge in [0.2, 0.25) is 0 Å². The molecule has 18 heavy (non-hydrogen) atoms. The minimum Gasteiger partial charge on any atom is -0.331 e. The Morgan fingerprint density at radius 2 is 1.89 bits per heavy atom. The van der Waals surface area contributed by atoms with Crippen molar-refractivity contribution in [1.82, 2.24) is 15.1 Å². The lowest BCUT2D eigenvalue weighted by Crippen LogP contribution is -2.50. The molecule has 0 aromatic carbocycles. The van der Waals surface area contributed by atoms with Crippen LogP contribution in [0.15, 0.2) is 0 Å². The number of carbonyl (C=O) groups is 1. The highest BCUT2D eigenvalue weighted by Gasteiger charge is 2.25. The van der Waals surface area contributed by atoms with E-state index in [1.807, 2.05) is 19.0 Å². The minimum absolute atomic E-state index is 0.143. The van der Waals surface area contributed by atoms with E-state index in [-0.39, 0.29) is 6.03 Å². The normalized spacial score (nSPS) is 19.1. The fourth-order valence-electron chi connectivity index (χ4n) is 2.60. The molecule has 1 aliphatic rings. The molecule has 0 aliphatic carbocycles. The van der Waals surface area contributed by atoms with Crippen molar-refractivity contribution in [2.24, 2.45) is 5.92 Å². The summed E-state index contributed by atoms with van der Waals surface area (Å²) in [4.78, 5) is 15.4. The molecule has 4 heteroatoms. The second-order valence-electron chi connectivity index (χ2n) is 5.86. The summed E-state index contributed by atoms with van der Waals surface area (Å²) in [6.45, 7) is 8.53. The Bertz CT molecular complexity index is 258. The van der Waals surface area contributed by atoms with E-state index in [9.17, 15) is 4.79 Å². The Morgan fingerprint density at radius 3 is 2.28 bits per heavy atom. The van der Waals surface area contributed by atoms with E-state index >= 15 is 0 Å². The molecule has 1 saturated heterocycles. The summed E-state index contributed by atoms with van der Waals surface area (Å²) in [7, 11) is 3.64. The summed E-state index contributed by atoms with van der Waals surface area (Å²) in [5.74, 6) is 0.677. The Hall–Kier alpha value is -0.770. The van der Waals surface area contributed by atoms with Crippen LogP contribution in [-0.4, -0.2) is 55.1 Å². The van der Waals surface area contributed by atoms with E-state index in [2.05, 4.69) is 26.1 Å². The van der Waals surface area contributed by atoms with Crippen LogP contribution >= 0.6 is 0 Å². The lowest BCUT2D eigenvalue weighted by Gasteiger charge is -2.36. The van der Waals surface area contributed by atoms with Gasteiger partial charge in [-0.05, 0) is 25.2 Å². The maximum Gasteiger partial charge on any atom is 0.319 e. The molecular weight excluding hydrogens is 226 g/mol. The molecule has 1 fully saturated rings. The Morgan fingerprint density at radius 1 is 1.33 bits per heavy atom. The van der Waals surface area contributed by atoms with E-state index in [1.165, 1.54) is 6.42 Å². The number of urea groups is 1. The third kappa shape index (κ3) is 4.16. The number of hydrogen-bond acceptors (Lipinski definition) is 2. The predicted molar refractivity (Wildman–Crippen MR) is 75.7 cm³/mol. The molecule has 0 saturated carbocycles. The van der Waals surface area contributed by atoms with Crippen LogP contribution in [0.1, 0.15) is 40.0 Å². The molecule has 1 aliphatic heterocycles. The zero-order chi connectivity index (χ0) is 13.7. The van der Waals surface area contributed by atoms with Gasteiger partial charge in [0.1, 0.15) is 0 Å². The predicted octanol–water partition coefficient (Wildman–Crippen LogP) is 2.16. The first-order valence-corrected chi connectivity index (χ1v) is 7.18. The van der Waals surface area contributed by atoms with E-state index in [0.29, 0.717) is 18.0 Å². The van der Waals surface area contributed by atoms with Crippen molar-refractivity contribution in [3.8, 4) is 0 Å². The van der Waals surface area contributed by atoms with Crippen molar-refractivity contribution < 1.29 is 4.79 Å². The first kappa shape index (κ1) is 15.3. The second-order valence-corrected chi connectivity index (χ2v) is 5.86. The summed E-state index contributed by atoms with van der Waals surface area (Å²) >= 11 is 0. The van der Waals surface area contributed by atoms with Gasteiger partial charge in [0.25, 0.3) is 0 Å². The number of hydrogen-bond donors (Lipinski definition) is 1. The molecule has 0 spiro atoms. The molecule has 1 heterocycles. The number of carbonyl (C=O) groups excluding carboxylic acids is 1. The van der Waals surface area contributed by atoms with Crippen molar-refractivity contribution in [2.75, 3.05) is 27.2 Å². The van der Waals surface area contributed by atoms with E-state index in [4.69, 9.17) is 0 Å². The fourth-order valence-corrected chi connectivity index (χ4v) is 2.60. The Labute approximate surface area is 112 Å². The molecular formula is C14H29N3O. The lowest BCUT2D eigenvalue weighted by molar-refractivity contribution is 0.148. The molecule has 1 atom stereocenters. The highest BCUT2D eigenvalue weighted by Crippen LogP contribution is 2.15. The summed E-state index contributed by atoms with van der Waals surface area (Å²) < 4.78 is 0.